The van der Waals surface area contributed by atoms with E-state index in [0.29, 0.717) is 0 Å². The second-order valence-electron chi connectivity index (χ2n) is 3.60. The molecule has 1 aromatic rings. The van der Waals surface area contributed by atoms with Crippen molar-refractivity contribution in [2.75, 3.05) is 13.1 Å². The molecular formula is C10H9F3N2O4. The number of pyridine rings is 1. The van der Waals surface area contributed by atoms with Crippen LogP contribution in [0.25, 0.3) is 0 Å². The normalized spacial score (nSPS) is 11.1. The number of amides is 1. The summed E-state index contributed by atoms with van der Waals surface area (Å²) in [6, 6.07) is 3.34. The van der Waals surface area contributed by atoms with Crippen molar-refractivity contribution in [3.8, 4) is 0 Å². The highest BCUT2D eigenvalue weighted by atomic mass is 19.4. The fourth-order valence-electron chi connectivity index (χ4n) is 1.32. The summed E-state index contributed by atoms with van der Waals surface area (Å²) in [6.07, 6.45) is -4.74. The third kappa shape index (κ3) is 4.82. The van der Waals surface area contributed by atoms with E-state index in [1.54, 1.807) is 0 Å². The average Bonchev–Trinajstić information content (AvgIpc) is 2.24. The van der Waals surface area contributed by atoms with E-state index in [9.17, 15) is 27.6 Å². The smallest absolute Gasteiger partial charge is 0.406 e. The second-order valence-corrected chi connectivity index (χ2v) is 3.60. The zero-order valence-corrected chi connectivity index (χ0v) is 9.40. The Labute approximate surface area is 104 Å². The molecule has 0 bridgehead atoms. The van der Waals surface area contributed by atoms with Gasteiger partial charge in [0.05, 0.1) is 0 Å². The van der Waals surface area contributed by atoms with Crippen LogP contribution in [0.4, 0.5) is 13.2 Å². The van der Waals surface area contributed by atoms with E-state index in [-0.39, 0.29) is 4.90 Å². The van der Waals surface area contributed by atoms with Crippen molar-refractivity contribution in [1.29, 1.82) is 0 Å². The molecule has 2 N–H and O–H groups in total. The second kappa shape index (κ2) is 5.55. The Kier molecular flexibility index (Phi) is 4.30. The topological polar surface area (TPSA) is 90.5 Å². The van der Waals surface area contributed by atoms with E-state index in [4.69, 9.17) is 5.11 Å². The minimum Gasteiger partial charge on any atom is -0.480 e. The first-order valence-corrected chi connectivity index (χ1v) is 4.96. The van der Waals surface area contributed by atoms with Crippen LogP contribution >= 0.6 is 0 Å². The van der Waals surface area contributed by atoms with Crippen LogP contribution in [0.15, 0.2) is 23.0 Å². The molecule has 0 unspecified atom stereocenters. The maximum Gasteiger partial charge on any atom is 0.406 e. The average molecular weight is 278 g/mol. The lowest BCUT2D eigenvalue weighted by atomic mass is 10.3. The Morgan fingerprint density at radius 2 is 1.95 bits per heavy atom. The molecule has 0 saturated heterocycles. The van der Waals surface area contributed by atoms with Gasteiger partial charge in [0.15, 0.2) is 0 Å². The number of aromatic amines is 1. The van der Waals surface area contributed by atoms with Gasteiger partial charge in [-0.05, 0) is 6.07 Å². The monoisotopic (exact) mass is 278 g/mol. The largest absolute Gasteiger partial charge is 0.480 e. The number of carbonyl (C=O) groups excluding carboxylic acids is 1. The summed E-state index contributed by atoms with van der Waals surface area (Å²) in [7, 11) is 0. The Morgan fingerprint density at radius 3 is 2.42 bits per heavy atom. The number of nitrogens with one attached hydrogen (secondary N) is 1. The molecule has 0 atom stereocenters. The van der Waals surface area contributed by atoms with Crippen LogP contribution in [-0.4, -0.2) is 46.1 Å². The first-order chi connectivity index (χ1) is 8.69. The van der Waals surface area contributed by atoms with Gasteiger partial charge in [0.2, 0.25) is 5.56 Å². The summed E-state index contributed by atoms with van der Waals surface area (Å²) in [6.45, 7) is -2.83. The number of carboxylic acid groups (broad SMARTS) is 1. The van der Waals surface area contributed by atoms with Gasteiger partial charge in [-0.2, -0.15) is 13.2 Å². The molecule has 0 aromatic carbocycles. The molecule has 0 aliphatic heterocycles. The lowest BCUT2D eigenvalue weighted by molar-refractivity contribution is -0.149. The zero-order valence-electron chi connectivity index (χ0n) is 9.40. The van der Waals surface area contributed by atoms with Crippen molar-refractivity contribution >= 4 is 11.9 Å². The Bertz CT molecular complexity index is 538. The minimum absolute atomic E-state index is 0.0909. The number of carboxylic acids is 1. The molecule has 0 aliphatic carbocycles. The number of hydrogen-bond donors (Lipinski definition) is 2. The molecule has 0 aliphatic rings. The van der Waals surface area contributed by atoms with E-state index < -0.39 is 42.4 Å². The third-order valence-corrected chi connectivity index (χ3v) is 1.98. The maximum absolute atomic E-state index is 12.3. The molecule has 9 heteroatoms. The fourth-order valence-corrected chi connectivity index (χ4v) is 1.32. The first-order valence-electron chi connectivity index (χ1n) is 4.96. The molecule has 0 spiro atoms. The summed E-state index contributed by atoms with van der Waals surface area (Å²) in [5.74, 6) is -2.80. The molecule has 6 nitrogen and oxygen atoms in total. The first kappa shape index (κ1) is 14.7. The van der Waals surface area contributed by atoms with Gasteiger partial charge in [-0.1, -0.05) is 6.07 Å². The van der Waals surface area contributed by atoms with Gasteiger partial charge in [0.1, 0.15) is 18.8 Å². The van der Waals surface area contributed by atoms with Crippen molar-refractivity contribution in [1.82, 2.24) is 9.88 Å². The number of rotatable bonds is 4. The van der Waals surface area contributed by atoms with Gasteiger partial charge in [-0.25, -0.2) is 0 Å². The van der Waals surface area contributed by atoms with E-state index in [1.165, 1.54) is 6.07 Å². The quantitative estimate of drug-likeness (QED) is 0.837. The summed E-state index contributed by atoms with van der Waals surface area (Å²) in [5, 5.41) is 8.50. The van der Waals surface area contributed by atoms with Crippen LogP contribution in [0.5, 0.6) is 0 Å². The molecular weight excluding hydrogens is 269 g/mol. The SMILES string of the molecule is O=C(O)CN(CC(F)(F)F)C(=O)c1cccc(=O)[nH]1. The number of H-pyrrole nitrogens is 1. The number of hydrogen-bond acceptors (Lipinski definition) is 3. The third-order valence-electron chi connectivity index (χ3n) is 1.98. The maximum atomic E-state index is 12.3. The van der Waals surface area contributed by atoms with Crippen LogP contribution in [0, 0.1) is 0 Å². The van der Waals surface area contributed by atoms with Gasteiger partial charge in [0.25, 0.3) is 5.91 Å². The van der Waals surface area contributed by atoms with E-state index in [0.717, 1.165) is 12.1 Å². The molecule has 19 heavy (non-hydrogen) atoms. The number of nitrogens with zero attached hydrogens (tertiary/aromatic N) is 1. The van der Waals surface area contributed by atoms with Crippen LogP contribution in [0.3, 0.4) is 0 Å². The van der Waals surface area contributed by atoms with E-state index in [1.807, 2.05) is 4.98 Å². The van der Waals surface area contributed by atoms with Crippen LogP contribution in [0.2, 0.25) is 0 Å². The van der Waals surface area contributed by atoms with Gasteiger partial charge in [0, 0.05) is 6.07 Å². The highest BCUT2D eigenvalue weighted by molar-refractivity contribution is 5.94. The van der Waals surface area contributed by atoms with Gasteiger partial charge < -0.3 is 15.0 Å². The van der Waals surface area contributed by atoms with Crippen LogP contribution in [0.1, 0.15) is 10.5 Å². The Hall–Kier alpha value is -2.32. The molecule has 0 fully saturated rings. The summed E-state index contributed by atoms with van der Waals surface area (Å²) in [4.78, 5) is 35.3. The number of aliphatic carboxylic acids is 1. The number of alkyl halides is 3. The fraction of sp³-hybridized carbons (Fsp3) is 0.300. The molecule has 1 amide bonds. The van der Waals surface area contributed by atoms with Crippen molar-refractivity contribution in [3.05, 3.63) is 34.2 Å². The Balaban J connectivity index is 3.00. The lowest BCUT2D eigenvalue weighted by Gasteiger charge is -2.21. The zero-order chi connectivity index (χ0) is 14.6. The van der Waals surface area contributed by atoms with E-state index in [2.05, 4.69) is 0 Å². The van der Waals surface area contributed by atoms with Crippen molar-refractivity contribution in [2.45, 2.75) is 6.18 Å². The molecule has 0 radical (unpaired) electrons. The summed E-state index contributed by atoms with van der Waals surface area (Å²) in [5.41, 5.74) is -1.08. The lowest BCUT2D eigenvalue weighted by Crippen LogP contribution is -2.42. The summed E-state index contributed by atoms with van der Waals surface area (Å²) >= 11 is 0. The van der Waals surface area contributed by atoms with Crippen molar-refractivity contribution in [3.63, 3.8) is 0 Å². The minimum atomic E-state index is -4.74. The molecule has 0 saturated carbocycles. The number of halogens is 3. The highest BCUT2D eigenvalue weighted by Gasteiger charge is 2.34. The Morgan fingerprint density at radius 1 is 1.32 bits per heavy atom. The molecule has 1 aromatic heterocycles. The van der Waals surface area contributed by atoms with Crippen LogP contribution in [-0.2, 0) is 4.79 Å². The van der Waals surface area contributed by atoms with Gasteiger partial charge in [-0.15, -0.1) is 0 Å². The van der Waals surface area contributed by atoms with Gasteiger partial charge in [-0.3, -0.25) is 14.4 Å². The van der Waals surface area contributed by atoms with Gasteiger partial charge >= 0.3 is 12.1 Å². The van der Waals surface area contributed by atoms with Crippen LogP contribution < -0.4 is 5.56 Å². The van der Waals surface area contributed by atoms with E-state index >= 15 is 0 Å². The van der Waals surface area contributed by atoms with Crippen molar-refractivity contribution in [2.24, 2.45) is 0 Å². The predicted molar refractivity (Wildman–Crippen MR) is 56.7 cm³/mol. The summed E-state index contributed by atoms with van der Waals surface area (Å²) < 4.78 is 36.8. The number of carbonyl (C=O) groups is 2. The molecule has 1 rings (SSSR count). The predicted octanol–water partition coefficient (Wildman–Crippen LogP) is 0.464. The molecule has 104 valence electrons. The van der Waals surface area contributed by atoms with Crippen molar-refractivity contribution < 1.29 is 27.9 Å². The number of aromatic nitrogens is 1. The highest BCUT2D eigenvalue weighted by Crippen LogP contribution is 2.17. The molecule has 1 heterocycles. The standard InChI is InChI=1S/C10H9F3N2O4/c11-10(12,13)5-15(4-8(17)18)9(19)6-2-1-3-7(16)14-6/h1-3H,4-5H2,(H,14,16)(H,17,18).